The van der Waals surface area contributed by atoms with Crippen LogP contribution < -0.4 is 5.32 Å². The Hall–Kier alpha value is -1.73. The summed E-state index contributed by atoms with van der Waals surface area (Å²) in [6.45, 7) is 4.36. The van der Waals surface area contributed by atoms with E-state index in [1.165, 1.54) is 11.2 Å². The second-order valence-corrected chi connectivity index (χ2v) is 6.56. The van der Waals surface area contributed by atoms with Gasteiger partial charge in [-0.15, -0.1) is 11.3 Å². The van der Waals surface area contributed by atoms with E-state index in [1.807, 2.05) is 0 Å². The number of aliphatic carboxylic acids is 1. The highest BCUT2D eigenvalue weighted by molar-refractivity contribution is 7.18. The predicted molar refractivity (Wildman–Crippen MR) is 80.8 cm³/mol. The number of carboxylic acid groups (broad SMARTS) is 1. The van der Waals surface area contributed by atoms with Crippen LogP contribution in [0.3, 0.4) is 0 Å². The summed E-state index contributed by atoms with van der Waals surface area (Å²) in [7, 11) is 0. The van der Waals surface area contributed by atoms with E-state index in [2.05, 4.69) is 28.3 Å². The molecule has 0 spiro atoms. The van der Waals surface area contributed by atoms with Gasteiger partial charge in [-0.1, -0.05) is 6.92 Å². The van der Waals surface area contributed by atoms with E-state index in [4.69, 9.17) is 4.74 Å². The number of aryl methyl sites for hydroxylation is 1. The minimum absolute atomic E-state index is 0.206. The van der Waals surface area contributed by atoms with E-state index >= 15 is 0 Å². The molecule has 0 amide bonds. The minimum atomic E-state index is -0.944. The number of anilines is 1. The Morgan fingerprint density at radius 1 is 1.62 bits per heavy atom. The SMILES string of the molecule is CCc1cc2c(NC3COCC3(C)C(=O)O)ncnc2s1. The van der Waals surface area contributed by atoms with Gasteiger partial charge in [0.25, 0.3) is 0 Å². The Labute approximate surface area is 126 Å². The van der Waals surface area contributed by atoms with E-state index in [0.717, 1.165) is 16.6 Å². The van der Waals surface area contributed by atoms with Crippen LogP contribution in [0.1, 0.15) is 18.7 Å². The Balaban J connectivity index is 1.94. The Kier molecular flexibility index (Phi) is 3.54. The summed E-state index contributed by atoms with van der Waals surface area (Å²) in [6, 6.07) is 1.76. The van der Waals surface area contributed by atoms with Crippen molar-refractivity contribution >= 4 is 33.3 Å². The standard InChI is InChI=1S/C14H17N3O3S/c1-3-8-4-9-11(15-7-16-12(9)21-8)17-10-5-20-6-14(10,2)13(18)19/h4,7,10H,3,5-6H2,1-2H3,(H,18,19)(H,15,16,17). The number of fused-ring (bicyclic) bond motifs is 1. The van der Waals surface area contributed by atoms with E-state index in [9.17, 15) is 9.90 Å². The number of carbonyl (C=O) groups is 1. The average molecular weight is 307 g/mol. The van der Waals surface area contributed by atoms with E-state index in [1.54, 1.807) is 18.3 Å². The third-order valence-electron chi connectivity index (χ3n) is 3.98. The Morgan fingerprint density at radius 3 is 3.14 bits per heavy atom. The largest absolute Gasteiger partial charge is 0.481 e. The highest BCUT2D eigenvalue weighted by Gasteiger charge is 2.47. The van der Waals surface area contributed by atoms with Crippen LogP contribution in [0, 0.1) is 5.41 Å². The monoisotopic (exact) mass is 307 g/mol. The Morgan fingerprint density at radius 2 is 2.43 bits per heavy atom. The van der Waals surface area contributed by atoms with E-state index < -0.39 is 11.4 Å². The first-order valence-corrected chi connectivity index (χ1v) is 7.67. The fourth-order valence-corrected chi connectivity index (χ4v) is 3.38. The normalized spacial score (nSPS) is 25.3. The van der Waals surface area contributed by atoms with Gasteiger partial charge >= 0.3 is 5.97 Å². The minimum Gasteiger partial charge on any atom is -0.481 e. The molecule has 1 fully saturated rings. The van der Waals surface area contributed by atoms with E-state index in [0.29, 0.717) is 12.4 Å². The maximum absolute atomic E-state index is 11.5. The summed E-state index contributed by atoms with van der Waals surface area (Å²) in [4.78, 5) is 22.2. The van der Waals surface area contributed by atoms with Gasteiger partial charge in [0.1, 0.15) is 22.4 Å². The molecule has 0 radical (unpaired) electrons. The number of rotatable bonds is 4. The number of ether oxygens (including phenoxy) is 1. The highest BCUT2D eigenvalue weighted by Crippen LogP contribution is 2.34. The molecule has 3 rings (SSSR count). The van der Waals surface area contributed by atoms with Gasteiger partial charge in [0, 0.05) is 4.88 Å². The summed E-state index contributed by atoms with van der Waals surface area (Å²) in [5.74, 6) is -0.179. The lowest BCUT2D eigenvalue weighted by atomic mass is 9.85. The lowest BCUT2D eigenvalue weighted by molar-refractivity contribution is -0.148. The van der Waals surface area contributed by atoms with Gasteiger partial charge in [0.15, 0.2) is 0 Å². The van der Waals surface area contributed by atoms with Crippen molar-refractivity contribution < 1.29 is 14.6 Å². The molecule has 2 aromatic heterocycles. The van der Waals surface area contributed by atoms with Crippen molar-refractivity contribution in [2.24, 2.45) is 5.41 Å². The first kappa shape index (κ1) is 14.2. The molecule has 2 N–H and O–H groups in total. The number of nitrogens with one attached hydrogen (secondary N) is 1. The van der Waals surface area contributed by atoms with Crippen LogP contribution in [0.25, 0.3) is 10.2 Å². The summed E-state index contributed by atoms with van der Waals surface area (Å²) in [5, 5.41) is 13.6. The molecule has 1 aliphatic heterocycles. The lowest BCUT2D eigenvalue weighted by Gasteiger charge is -2.26. The molecule has 2 unspecified atom stereocenters. The number of hydrogen-bond donors (Lipinski definition) is 2. The summed E-state index contributed by atoms with van der Waals surface area (Å²) in [6.07, 6.45) is 2.45. The van der Waals surface area contributed by atoms with E-state index in [-0.39, 0.29) is 12.6 Å². The fraction of sp³-hybridized carbons (Fsp3) is 0.500. The average Bonchev–Trinajstić information content (AvgIpc) is 3.04. The number of nitrogens with zero attached hydrogens (tertiary/aromatic N) is 2. The molecular formula is C14H17N3O3S. The van der Waals surface area contributed by atoms with Crippen LogP contribution in [-0.2, 0) is 16.0 Å². The van der Waals surface area contributed by atoms with Crippen molar-refractivity contribution in [1.82, 2.24) is 9.97 Å². The Bertz CT molecular complexity index is 687. The van der Waals surface area contributed by atoms with Gasteiger partial charge in [-0.05, 0) is 19.4 Å². The van der Waals surface area contributed by atoms with Gasteiger partial charge in [0.2, 0.25) is 0 Å². The molecule has 1 saturated heterocycles. The van der Waals surface area contributed by atoms with Crippen LogP contribution in [-0.4, -0.2) is 40.3 Å². The third-order valence-corrected chi connectivity index (χ3v) is 5.17. The van der Waals surface area contributed by atoms with Crippen LogP contribution in [0.15, 0.2) is 12.4 Å². The second-order valence-electron chi connectivity index (χ2n) is 5.44. The molecule has 21 heavy (non-hydrogen) atoms. The number of thiophene rings is 1. The number of carboxylic acids is 1. The number of aromatic nitrogens is 2. The molecule has 0 aromatic carbocycles. The molecule has 0 saturated carbocycles. The van der Waals surface area contributed by atoms with Crippen molar-refractivity contribution in [3.8, 4) is 0 Å². The molecule has 7 heteroatoms. The van der Waals surface area contributed by atoms with Gasteiger partial charge in [-0.25, -0.2) is 9.97 Å². The summed E-state index contributed by atoms with van der Waals surface area (Å²) in [5.41, 5.74) is -0.944. The first-order chi connectivity index (χ1) is 10.0. The van der Waals surface area contributed by atoms with Crippen molar-refractivity contribution in [3.05, 3.63) is 17.3 Å². The van der Waals surface area contributed by atoms with Crippen molar-refractivity contribution in [2.45, 2.75) is 26.3 Å². The third kappa shape index (κ3) is 2.36. The smallest absolute Gasteiger partial charge is 0.313 e. The van der Waals surface area contributed by atoms with Crippen molar-refractivity contribution in [1.29, 1.82) is 0 Å². The number of hydrogen-bond acceptors (Lipinski definition) is 6. The lowest BCUT2D eigenvalue weighted by Crippen LogP contribution is -2.43. The van der Waals surface area contributed by atoms with Gasteiger partial charge in [0.05, 0.1) is 24.6 Å². The molecule has 2 aromatic rings. The van der Waals surface area contributed by atoms with Crippen LogP contribution in [0.4, 0.5) is 5.82 Å². The van der Waals surface area contributed by atoms with Crippen LogP contribution in [0.2, 0.25) is 0 Å². The predicted octanol–water partition coefficient (Wildman–Crippen LogP) is 2.16. The van der Waals surface area contributed by atoms with Crippen molar-refractivity contribution in [2.75, 3.05) is 18.5 Å². The second kappa shape index (κ2) is 5.23. The quantitative estimate of drug-likeness (QED) is 0.900. The molecule has 2 atom stereocenters. The fourth-order valence-electron chi connectivity index (χ4n) is 2.44. The maximum atomic E-state index is 11.5. The molecule has 0 bridgehead atoms. The molecule has 3 heterocycles. The first-order valence-electron chi connectivity index (χ1n) is 6.85. The van der Waals surface area contributed by atoms with Gasteiger partial charge in [-0.3, -0.25) is 4.79 Å². The van der Waals surface area contributed by atoms with Gasteiger partial charge in [-0.2, -0.15) is 0 Å². The highest BCUT2D eigenvalue weighted by atomic mass is 32.1. The zero-order valence-electron chi connectivity index (χ0n) is 11.9. The molecule has 1 aliphatic rings. The molecule has 0 aliphatic carbocycles. The zero-order valence-corrected chi connectivity index (χ0v) is 12.7. The summed E-state index contributed by atoms with van der Waals surface area (Å²) >= 11 is 1.64. The topological polar surface area (TPSA) is 84.3 Å². The van der Waals surface area contributed by atoms with Crippen LogP contribution in [0.5, 0.6) is 0 Å². The molecule has 6 nitrogen and oxygen atoms in total. The van der Waals surface area contributed by atoms with Crippen molar-refractivity contribution in [3.63, 3.8) is 0 Å². The summed E-state index contributed by atoms with van der Waals surface area (Å²) < 4.78 is 5.36. The van der Waals surface area contributed by atoms with Crippen LogP contribution >= 0.6 is 11.3 Å². The van der Waals surface area contributed by atoms with Gasteiger partial charge < -0.3 is 15.2 Å². The zero-order chi connectivity index (χ0) is 15.0. The molecule has 112 valence electrons. The maximum Gasteiger partial charge on any atom is 0.313 e. The molecular weight excluding hydrogens is 290 g/mol.